The molecule has 0 saturated heterocycles. The fourth-order valence-electron chi connectivity index (χ4n) is 3.64. The topological polar surface area (TPSA) is 131 Å². The molecule has 4 aromatic rings. The Hall–Kier alpha value is -4.16. The van der Waals surface area contributed by atoms with Crippen LogP contribution in [-0.4, -0.2) is 37.2 Å². The van der Waals surface area contributed by atoms with E-state index < -0.39 is 28.2 Å². The third-order valence-corrected chi connectivity index (χ3v) is 8.18. The Morgan fingerprint density at radius 1 is 1.05 bits per heavy atom. The van der Waals surface area contributed by atoms with Gasteiger partial charge >= 0.3 is 12.1 Å². The molecular formula is C25H25N5O5S2. The number of urea groups is 1. The van der Waals surface area contributed by atoms with Gasteiger partial charge in [0.2, 0.25) is 0 Å². The van der Waals surface area contributed by atoms with Crippen LogP contribution in [0.4, 0.5) is 15.3 Å². The summed E-state index contributed by atoms with van der Waals surface area (Å²) in [6, 6.07) is 18.1. The lowest BCUT2D eigenvalue weighted by Crippen LogP contribution is -2.42. The number of anilines is 1. The average Bonchev–Trinajstić information content (AvgIpc) is 3.54. The van der Waals surface area contributed by atoms with Crippen LogP contribution < -0.4 is 15.4 Å². The number of benzene rings is 2. The van der Waals surface area contributed by atoms with Crippen LogP contribution in [0.3, 0.4) is 0 Å². The summed E-state index contributed by atoms with van der Waals surface area (Å²) in [7, 11) is -2.74. The van der Waals surface area contributed by atoms with Crippen molar-refractivity contribution in [2.45, 2.75) is 23.6 Å². The number of aromatic nitrogens is 2. The van der Waals surface area contributed by atoms with Crippen LogP contribution >= 0.6 is 11.3 Å². The highest BCUT2D eigenvalue weighted by Crippen LogP contribution is 2.23. The predicted molar refractivity (Wildman–Crippen MR) is 140 cm³/mol. The summed E-state index contributed by atoms with van der Waals surface area (Å²) in [5.41, 5.74) is 2.20. The number of nitrogens with one attached hydrogen (secondary N) is 3. The number of hydrogen-bond donors (Lipinski definition) is 3. The van der Waals surface area contributed by atoms with Gasteiger partial charge in [0.25, 0.3) is 10.0 Å². The molecule has 192 valence electrons. The van der Waals surface area contributed by atoms with Crippen molar-refractivity contribution in [1.82, 2.24) is 19.6 Å². The standard InChI is InChI=1S/C25H25N5O5S2/c1-17-8-13-22(36-17)37(33,34)29-24(31)28-21(16-18-6-4-3-5-7-18)23-26-14-15-30(23)20-11-9-19(10-12-20)27-25(32)35-2/h3-15,21H,16H2,1-2H3,(H,27,32)(H2,28,29,31)/t21-/m0/s1. The van der Waals surface area contributed by atoms with Crippen molar-refractivity contribution in [3.05, 3.63) is 95.4 Å². The second kappa shape index (κ2) is 11.3. The second-order valence-corrected chi connectivity index (χ2v) is 11.2. The molecule has 3 N–H and O–H groups in total. The first-order chi connectivity index (χ1) is 17.7. The van der Waals surface area contributed by atoms with Crippen molar-refractivity contribution in [2.24, 2.45) is 0 Å². The van der Waals surface area contributed by atoms with Crippen LogP contribution in [0.25, 0.3) is 5.69 Å². The molecule has 1 atom stereocenters. The molecule has 0 aliphatic rings. The number of aryl methyl sites for hydroxylation is 1. The fraction of sp³-hybridized carbons (Fsp3) is 0.160. The number of sulfonamides is 1. The van der Waals surface area contributed by atoms with Gasteiger partial charge in [0.1, 0.15) is 10.0 Å². The Bertz CT molecular complexity index is 1480. The third-order valence-electron chi connectivity index (χ3n) is 5.35. The molecule has 0 fully saturated rings. The summed E-state index contributed by atoms with van der Waals surface area (Å²) in [4.78, 5) is 29.6. The number of rotatable bonds is 8. The Balaban J connectivity index is 1.59. The number of ether oxygens (including phenoxy) is 1. The monoisotopic (exact) mass is 539 g/mol. The fourth-order valence-corrected chi connectivity index (χ4v) is 5.84. The first-order valence-electron chi connectivity index (χ1n) is 11.2. The highest BCUT2D eigenvalue weighted by Gasteiger charge is 2.25. The maximum Gasteiger partial charge on any atom is 0.411 e. The van der Waals surface area contributed by atoms with E-state index in [-0.39, 0.29) is 4.21 Å². The SMILES string of the molecule is COC(=O)Nc1ccc(-n2ccnc2[C@H](Cc2ccccc2)NC(=O)NS(=O)(=O)c2ccc(C)s2)cc1. The normalized spacial score (nSPS) is 11.9. The molecule has 2 aromatic carbocycles. The van der Waals surface area contributed by atoms with Crippen molar-refractivity contribution >= 4 is 39.2 Å². The van der Waals surface area contributed by atoms with Gasteiger partial charge in [-0.3, -0.25) is 5.32 Å². The average molecular weight is 540 g/mol. The van der Waals surface area contributed by atoms with Crippen molar-refractivity contribution in [1.29, 1.82) is 0 Å². The van der Waals surface area contributed by atoms with E-state index in [1.165, 1.54) is 13.2 Å². The van der Waals surface area contributed by atoms with Crippen molar-refractivity contribution < 1.29 is 22.7 Å². The van der Waals surface area contributed by atoms with Gasteiger partial charge in [0.05, 0.1) is 13.2 Å². The number of carbonyl (C=O) groups excluding carboxylic acids is 2. The van der Waals surface area contributed by atoms with E-state index in [4.69, 9.17) is 0 Å². The van der Waals surface area contributed by atoms with Crippen LogP contribution in [0.2, 0.25) is 0 Å². The highest BCUT2D eigenvalue weighted by atomic mass is 32.2. The van der Waals surface area contributed by atoms with Gasteiger partial charge in [0.15, 0.2) is 0 Å². The Morgan fingerprint density at radius 3 is 2.43 bits per heavy atom. The van der Waals surface area contributed by atoms with Gasteiger partial charge in [-0.05, 0) is 55.3 Å². The van der Waals surface area contributed by atoms with E-state index in [1.807, 2.05) is 30.3 Å². The zero-order chi connectivity index (χ0) is 26.4. The van der Waals surface area contributed by atoms with E-state index >= 15 is 0 Å². The molecule has 0 unspecified atom stereocenters. The molecule has 4 rings (SSSR count). The third kappa shape index (κ3) is 6.54. The molecule has 2 heterocycles. The Labute approximate surface area is 218 Å². The lowest BCUT2D eigenvalue weighted by atomic mass is 10.1. The summed E-state index contributed by atoms with van der Waals surface area (Å²) in [6.45, 7) is 1.79. The van der Waals surface area contributed by atoms with E-state index in [9.17, 15) is 18.0 Å². The molecular weight excluding hydrogens is 514 g/mol. The second-order valence-electron chi connectivity index (χ2n) is 8.01. The molecule has 0 spiro atoms. The van der Waals surface area contributed by atoms with Gasteiger partial charge in [-0.1, -0.05) is 30.3 Å². The number of nitrogens with zero attached hydrogens (tertiary/aromatic N) is 2. The van der Waals surface area contributed by atoms with E-state index in [0.29, 0.717) is 17.9 Å². The van der Waals surface area contributed by atoms with E-state index in [1.54, 1.807) is 54.2 Å². The number of imidazole rings is 1. The van der Waals surface area contributed by atoms with Gasteiger partial charge in [-0.25, -0.2) is 27.7 Å². The summed E-state index contributed by atoms with van der Waals surface area (Å²) < 4.78 is 33.9. The molecule has 12 heteroatoms. The smallest absolute Gasteiger partial charge is 0.411 e. The van der Waals surface area contributed by atoms with E-state index in [2.05, 4.69) is 25.1 Å². The molecule has 37 heavy (non-hydrogen) atoms. The molecule has 0 saturated carbocycles. The largest absolute Gasteiger partial charge is 0.453 e. The minimum atomic E-state index is -4.02. The number of thiophene rings is 1. The summed E-state index contributed by atoms with van der Waals surface area (Å²) in [6.07, 6.45) is 3.12. The van der Waals surface area contributed by atoms with Crippen LogP contribution in [0.1, 0.15) is 22.3 Å². The highest BCUT2D eigenvalue weighted by molar-refractivity contribution is 7.92. The predicted octanol–water partition coefficient (Wildman–Crippen LogP) is 4.39. The van der Waals surface area contributed by atoms with Crippen molar-refractivity contribution in [3.8, 4) is 5.69 Å². The van der Waals surface area contributed by atoms with Crippen LogP contribution in [0.5, 0.6) is 0 Å². The molecule has 0 bridgehead atoms. The Morgan fingerprint density at radius 2 is 1.78 bits per heavy atom. The van der Waals surface area contributed by atoms with Gasteiger partial charge < -0.3 is 14.6 Å². The summed E-state index contributed by atoms with van der Waals surface area (Å²) >= 11 is 1.08. The number of amides is 3. The van der Waals surface area contributed by atoms with Crippen molar-refractivity contribution in [3.63, 3.8) is 0 Å². The van der Waals surface area contributed by atoms with Crippen LogP contribution in [0, 0.1) is 6.92 Å². The van der Waals surface area contributed by atoms with Gasteiger partial charge in [0, 0.05) is 28.6 Å². The molecule has 0 radical (unpaired) electrons. The molecule has 2 aromatic heterocycles. The number of hydrogen-bond acceptors (Lipinski definition) is 7. The molecule has 3 amide bonds. The molecule has 0 aliphatic heterocycles. The van der Waals surface area contributed by atoms with Gasteiger partial charge in [-0.15, -0.1) is 11.3 Å². The maximum atomic E-state index is 12.9. The minimum absolute atomic E-state index is 0.0573. The number of methoxy groups -OCH3 is 1. The van der Waals surface area contributed by atoms with Crippen LogP contribution in [0.15, 0.2) is 83.3 Å². The summed E-state index contributed by atoms with van der Waals surface area (Å²) in [5.74, 6) is 0.497. The first kappa shape index (κ1) is 25.9. The lowest BCUT2D eigenvalue weighted by Gasteiger charge is -2.20. The first-order valence-corrected chi connectivity index (χ1v) is 13.5. The van der Waals surface area contributed by atoms with Crippen LogP contribution in [-0.2, 0) is 21.2 Å². The maximum absolute atomic E-state index is 12.9. The lowest BCUT2D eigenvalue weighted by molar-refractivity contribution is 0.187. The number of carbonyl (C=O) groups is 2. The van der Waals surface area contributed by atoms with Crippen molar-refractivity contribution in [2.75, 3.05) is 12.4 Å². The minimum Gasteiger partial charge on any atom is -0.453 e. The molecule has 0 aliphatic carbocycles. The quantitative estimate of drug-likeness (QED) is 0.304. The summed E-state index contributed by atoms with van der Waals surface area (Å²) in [5, 5.41) is 5.36. The molecule has 10 nitrogen and oxygen atoms in total. The zero-order valence-corrected chi connectivity index (χ0v) is 21.7. The van der Waals surface area contributed by atoms with E-state index in [0.717, 1.165) is 27.5 Å². The zero-order valence-electron chi connectivity index (χ0n) is 20.0. The van der Waals surface area contributed by atoms with Gasteiger partial charge in [-0.2, -0.15) is 0 Å². The Kier molecular flexibility index (Phi) is 7.89.